The van der Waals surface area contributed by atoms with Crippen LogP contribution in [-0.4, -0.2) is 27.2 Å². The van der Waals surface area contributed by atoms with Gasteiger partial charge in [-0.1, -0.05) is 18.2 Å². The van der Waals surface area contributed by atoms with E-state index in [4.69, 9.17) is 4.74 Å². The van der Waals surface area contributed by atoms with Gasteiger partial charge in [-0.3, -0.25) is 4.79 Å². The van der Waals surface area contributed by atoms with Crippen molar-refractivity contribution in [2.45, 2.75) is 12.2 Å². The van der Waals surface area contributed by atoms with Crippen molar-refractivity contribution in [2.24, 2.45) is 0 Å². The third-order valence-electron chi connectivity index (χ3n) is 3.28. The van der Waals surface area contributed by atoms with Crippen LogP contribution in [0.25, 0.3) is 0 Å². The van der Waals surface area contributed by atoms with Crippen molar-refractivity contribution in [1.29, 1.82) is 0 Å². The number of carbonyl (C=O) groups excluding carboxylic acids is 1. The fraction of sp³-hybridized carbons (Fsp3) is 0.133. The Morgan fingerprint density at radius 2 is 1.70 bits per heavy atom. The van der Waals surface area contributed by atoms with E-state index in [1.54, 1.807) is 24.3 Å². The third-order valence-corrected chi connectivity index (χ3v) is 3.28. The molecule has 1 aliphatic rings. The molecular formula is C15H12O5. The minimum Gasteiger partial charge on any atom is -0.508 e. The van der Waals surface area contributed by atoms with Gasteiger partial charge in [0.25, 0.3) is 0 Å². The molecule has 2 aromatic rings. The highest BCUT2D eigenvalue weighted by molar-refractivity contribution is 6.05. The summed E-state index contributed by atoms with van der Waals surface area (Å²) >= 11 is 0. The molecule has 3 N–H and O–H groups in total. The zero-order valence-corrected chi connectivity index (χ0v) is 10.4. The van der Waals surface area contributed by atoms with E-state index in [0.717, 1.165) is 0 Å². The van der Waals surface area contributed by atoms with Crippen LogP contribution in [0.15, 0.2) is 42.5 Å². The van der Waals surface area contributed by atoms with Gasteiger partial charge in [0.1, 0.15) is 22.8 Å². The van der Waals surface area contributed by atoms with E-state index in [-0.39, 0.29) is 22.8 Å². The van der Waals surface area contributed by atoms with Crippen molar-refractivity contribution in [1.82, 2.24) is 0 Å². The van der Waals surface area contributed by atoms with Crippen LogP contribution in [0.5, 0.6) is 17.2 Å². The SMILES string of the molecule is O=C1c2c(O)cccc2OC(c2ccc(O)cc2)C1O. The maximum atomic E-state index is 12.1. The van der Waals surface area contributed by atoms with Crippen LogP contribution in [-0.2, 0) is 0 Å². The molecule has 102 valence electrons. The number of aromatic hydroxyl groups is 2. The monoisotopic (exact) mass is 272 g/mol. The van der Waals surface area contributed by atoms with E-state index in [9.17, 15) is 20.1 Å². The minimum absolute atomic E-state index is 0.00460. The van der Waals surface area contributed by atoms with E-state index in [0.29, 0.717) is 5.56 Å². The molecule has 0 fully saturated rings. The summed E-state index contributed by atoms with van der Waals surface area (Å²) in [6.45, 7) is 0. The van der Waals surface area contributed by atoms with E-state index < -0.39 is 18.0 Å². The second-order valence-corrected chi connectivity index (χ2v) is 4.59. The fourth-order valence-corrected chi connectivity index (χ4v) is 2.27. The summed E-state index contributed by atoms with van der Waals surface area (Å²) in [6.07, 6.45) is -2.27. The lowest BCUT2D eigenvalue weighted by atomic mass is 9.93. The topological polar surface area (TPSA) is 87.0 Å². The number of hydrogen-bond donors (Lipinski definition) is 3. The molecule has 2 atom stereocenters. The fourth-order valence-electron chi connectivity index (χ4n) is 2.27. The lowest BCUT2D eigenvalue weighted by molar-refractivity contribution is 0.0211. The Bertz CT molecular complexity index is 662. The third kappa shape index (κ3) is 1.88. The van der Waals surface area contributed by atoms with Gasteiger partial charge in [-0.25, -0.2) is 0 Å². The van der Waals surface area contributed by atoms with E-state index >= 15 is 0 Å². The standard InChI is InChI=1S/C15H12O5/c16-9-6-4-8(5-7-9)15-14(19)13(18)12-10(17)2-1-3-11(12)20-15/h1-7,14-17,19H. The molecule has 3 rings (SSSR count). The number of ketones is 1. The second kappa shape index (κ2) is 4.54. The molecule has 1 heterocycles. The van der Waals surface area contributed by atoms with Crippen LogP contribution in [0.1, 0.15) is 22.0 Å². The summed E-state index contributed by atoms with van der Waals surface area (Å²) < 4.78 is 5.61. The van der Waals surface area contributed by atoms with Crippen molar-refractivity contribution in [3.05, 3.63) is 53.6 Å². The first-order chi connectivity index (χ1) is 9.58. The van der Waals surface area contributed by atoms with Crippen LogP contribution in [0.3, 0.4) is 0 Å². The summed E-state index contributed by atoms with van der Waals surface area (Å²) in [6, 6.07) is 10.5. The minimum atomic E-state index is -1.40. The summed E-state index contributed by atoms with van der Waals surface area (Å²) in [5.41, 5.74) is 0.563. The molecule has 0 spiro atoms. The van der Waals surface area contributed by atoms with Crippen LogP contribution in [0.2, 0.25) is 0 Å². The number of hydrogen-bond acceptors (Lipinski definition) is 5. The molecule has 2 unspecified atom stereocenters. The smallest absolute Gasteiger partial charge is 0.202 e. The number of fused-ring (bicyclic) bond motifs is 1. The molecule has 0 saturated heterocycles. The highest BCUT2D eigenvalue weighted by Crippen LogP contribution is 2.39. The summed E-state index contributed by atoms with van der Waals surface area (Å²) in [4.78, 5) is 12.1. The molecular weight excluding hydrogens is 260 g/mol. The molecule has 0 bridgehead atoms. The molecule has 0 saturated carbocycles. The van der Waals surface area contributed by atoms with Gasteiger partial charge < -0.3 is 20.1 Å². The van der Waals surface area contributed by atoms with Gasteiger partial charge in [-0.2, -0.15) is 0 Å². The number of aliphatic hydroxyl groups is 1. The van der Waals surface area contributed by atoms with Gasteiger partial charge >= 0.3 is 0 Å². The van der Waals surface area contributed by atoms with Crippen molar-refractivity contribution >= 4 is 5.78 Å². The first kappa shape index (κ1) is 12.5. The Kier molecular flexibility index (Phi) is 2.84. The van der Waals surface area contributed by atoms with E-state index in [1.165, 1.54) is 18.2 Å². The van der Waals surface area contributed by atoms with E-state index in [1.807, 2.05) is 0 Å². The number of ether oxygens (including phenoxy) is 1. The number of rotatable bonds is 1. The van der Waals surface area contributed by atoms with Crippen molar-refractivity contribution in [3.8, 4) is 17.2 Å². The second-order valence-electron chi connectivity index (χ2n) is 4.59. The summed E-state index contributed by atoms with van der Waals surface area (Å²) in [5.74, 6) is -0.472. The molecule has 0 amide bonds. The predicted octanol–water partition coefficient (Wildman–Crippen LogP) is 1.78. The molecule has 0 aromatic heterocycles. The molecule has 5 nitrogen and oxygen atoms in total. The molecule has 5 heteroatoms. The molecule has 0 aliphatic carbocycles. The van der Waals surface area contributed by atoms with Crippen molar-refractivity contribution in [2.75, 3.05) is 0 Å². The molecule has 0 radical (unpaired) electrons. The average Bonchev–Trinajstić information content (AvgIpc) is 2.44. The zero-order chi connectivity index (χ0) is 14.3. The van der Waals surface area contributed by atoms with Crippen LogP contribution < -0.4 is 4.74 Å². The predicted molar refractivity (Wildman–Crippen MR) is 69.9 cm³/mol. The van der Waals surface area contributed by atoms with Crippen molar-refractivity contribution in [3.63, 3.8) is 0 Å². The number of phenolic OH excluding ortho intramolecular Hbond substituents is 2. The highest BCUT2D eigenvalue weighted by Gasteiger charge is 2.38. The van der Waals surface area contributed by atoms with Gasteiger partial charge in [0.15, 0.2) is 12.2 Å². The highest BCUT2D eigenvalue weighted by atomic mass is 16.5. The Labute approximate surface area is 114 Å². The Morgan fingerprint density at radius 3 is 2.40 bits per heavy atom. The molecule has 1 aliphatic heterocycles. The van der Waals surface area contributed by atoms with Gasteiger partial charge in [0, 0.05) is 0 Å². The largest absolute Gasteiger partial charge is 0.508 e. The first-order valence-corrected chi connectivity index (χ1v) is 6.08. The normalized spacial score (nSPS) is 21.1. The lowest BCUT2D eigenvalue weighted by Crippen LogP contribution is -2.36. The van der Waals surface area contributed by atoms with Gasteiger partial charge in [0.05, 0.1) is 0 Å². The quantitative estimate of drug-likeness (QED) is 0.736. The lowest BCUT2D eigenvalue weighted by Gasteiger charge is -2.30. The van der Waals surface area contributed by atoms with Crippen LogP contribution in [0.4, 0.5) is 0 Å². The number of aliphatic hydroxyl groups excluding tert-OH is 1. The average molecular weight is 272 g/mol. The van der Waals surface area contributed by atoms with Crippen molar-refractivity contribution < 1.29 is 24.9 Å². The number of phenols is 2. The summed E-state index contributed by atoms with van der Waals surface area (Å²) in [5, 5.41) is 29.0. The maximum absolute atomic E-state index is 12.1. The molecule has 20 heavy (non-hydrogen) atoms. The Balaban J connectivity index is 2.04. The molecule has 2 aromatic carbocycles. The van der Waals surface area contributed by atoms with Crippen LogP contribution >= 0.6 is 0 Å². The van der Waals surface area contributed by atoms with Gasteiger partial charge in [-0.05, 0) is 29.8 Å². The number of benzene rings is 2. The summed E-state index contributed by atoms with van der Waals surface area (Å²) in [7, 11) is 0. The zero-order valence-electron chi connectivity index (χ0n) is 10.4. The number of Topliss-reactive ketones (excluding diaryl/α,β-unsaturated/α-hetero) is 1. The Morgan fingerprint density at radius 1 is 1.00 bits per heavy atom. The Hall–Kier alpha value is -2.53. The number of carbonyl (C=O) groups is 1. The van der Waals surface area contributed by atoms with Gasteiger partial charge in [0.2, 0.25) is 5.78 Å². The van der Waals surface area contributed by atoms with Gasteiger partial charge in [-0.15, -0.1) is 0 Å². The van der Waals surface area contributed by atoms with E-state index in [2.05, 4.69) is 0 Å². The van der Waals surface area contributed by atoms with Crippen LogP contribution in [0, 0.1) is 0 Å². The maximum Gasteiger partial charge on any atom is 0.202 e. The first-order valence-electron chi connectivity index (χ1n) is 6.08.